The monoisotopic (exact) mass is 214 g/mol. The molecule has 0 saturated carbocycles. The number of hydrogen-bond donors (Lipinski definition) is 1. The van der Waals surface area contributed by atoms with Gasteiger partial charge in [0.1, 0.15) is 6.04 Å². The Bertz CT molecular complexity index is 213. The number of carboxylic acid groups (broad SMARTS) is 1. The summed E-state index contributed by atoms with van der Waals surface area (Å²) in [6.07, 6.45) is 2.38. The molecule has 1 N–H and O–H groups in total. The molecule has 0 aliphatic carbocycles. The van der Waals surface area contributed by atoms with E-state index < -0.39 is 5.97 Å². The van der Waals surface area contributed by atoms with Gasteiger partial charge in [-0.3, -0.25) is 9.69 Å². The number of rotatable bonds is 4. The van der Waals surface area contributed by atoms with Gasteiger partial charge in [0.05, 0.1) is 0 Å². The van der Waals surface area contributed by atoms with Gasteiger partial charge in [0.25, 0.3) is 0 Å². The summed E-state index contributed by atoms with van der Waals surface area (Å²) in [4.78, 5) is 15.1. The zero-order chi connectivity index (χ0) is 11.4. The van der Waals surface area contributed by atoms with E-state index in [2.05, 4.69) is 11.9 Å². The average molecular weight is 214 g/mol. The Kier molecular flexibility index (Phi) is 4.54. The van der Waals surface area contributed by atoms with Crippen molar-refractivity contribution in [3.8, 4) is 0 Å². The van der Waals surface area contributed by atoms with Crippen LogP contribution < -0.4 is 0 Å². The van der Waals surface area contributed by atoms with Crippen LogP contribution in [0.2, 0.25) is 0 Å². The normalized spacial score (nSPS) is 21.9. The van der Waals surface area contributed by atoms with Crippen LogP contribution >= 0.6 is 0 Å². The van der Waals surface area contributed by atoms with Crippen molar-refractivity contribution in [1.82, 2.24) is 9.80 Å². The van der Waals surface area contributed by atoms with Gasteiger partial charge in [-0.2, -0.15) is 0 Å². The Morgan fingerprint density at radius 2 is 2.07 bits per heavy atom. The molecule has 4 nitrogen and oxygen atoms in total. The number of likely N-dealkylation sites (tertiary alicyclic amines) is 1. The molecule has 0 bridgehead atoms. The van der Waals surface area contributed by atoms with Gasteiger partial charge in [-0.05, 0) is 52.9 Å². The lowest BCUT2D eigenvalue weighted by atomic mass is 9.96. The molecular weight excluding hydrogens is 192 g/mol. The number of piperidine rings is 1. The summed E-state index contributed by atoms with van der Waals surface area (Å²) in [5.41, 5.74) is 0. The van der Waals surface area contributed by atoms with Gasteiger partial charge < -0.3 is 10.0 Å². The number of likely N-dealkylation sites (N-methyl/N-ethyl adjacent to an activating group) is 1. The zero-order valence-electron chi connectivity index (χ0n) is 9.94. The Hall–Kier alpha value is -0.610. The van der Waals surface area contributed by atoms with Gasteiger partial charge in [-0.1, -0.05) is 0 Å². The van der Waals surface area contributed by atoms with Crippen molar-refractivity contribution in [2.24, 2.45) is 5.92 Å². The predicted molar refractivity (Wildman–Crippen MR) is 59.9 cm³/mol. The standard InChI is InChI=1S/C11H22N2O2/c1-9(11(14)15)13(3)8-10-4-6-12(2)7-5-10/h9-10H,4-8H2,1-3H3,(H,14,15). The van der Waals surface area contributed by atoms with Crippen molar-refractivity contribution in [1.29, 1.82) is 0 Å². The molecular formula is C11H22N2O2. The lowest BCUT2D eigenvalue weighted by molar-refractivity contribution is -0.142. The molecule has 1 aliphatic heterocycles. The summed E-state index contributed by atoms with van der Waals surface area (Å²) in [6, 6.07) is -0.371. The molecule has 0 aromatic rings. The maximum Gasteiger partial charge on any atom is 0.320 e. The lowest BCUT2D eigenvalue weighted by Crippen LogP contribution is -2.41. The first-order valence-corrected chi connectivity index (χ1v) is 5.62. The van der Waals surface area contributed by atoms with E-state index in [1.165, 1.54) is 12.8 Å². The highest BCUT2D eigenvalue weighted by atomic mass is 16.4. The molecule has 88 valence electrons. The molecule has 1 heterocycles. The lowest BCUT2D eigenvalue weighted by Gasteiger charge is -2.32. The summed E-state index contributed by atoms with van der Waals surface area (Å²) >= 11 is 0. The van der Waals surface area contributed by atoms with Crippen LogP contribution in [-0.4, -0.2) is 60.6 Å². The van der Waals surface area contributed by atoms with E-state index in [4.69, 9.17) is 5.11 Å². The predicted octanol–water partition coefficient (Wildman–Crippen LogP) is 0.733. The molecule has 0 radical (unpaired) electrons. The second-order valence-corrected chi connectivity index (χ2v) is 4.70. The average Bonchev–Trinajstić information content (AvgIpc) is 2.20. The third kappa shape index (κ3) is 3.80. The quantitative estimate of drug-likeness (QED) is 0.749. The number of carboxylic acids is 1. The summed E-state index contributed by atoms with van der Waals surface area (Å²) in [6.45, 7) is 4.93. The fourth-order valence-corrected chi connectivity index (χ4v) is 2.00. The first-order chi connectivity index (χ1) is 7.00. The fourth-order valence-electron chi connectivity index (χ4n) is 2.00. The summed E-state index contributed by atoms with van der Waals surface area (Å²) in [7, 11) is 4.04. The van der Waals surface area contributed by atoms with Gasteiger partial charge in [0.2, 0.25) is 0 Å². The largest absolute Gasteiger partial charge is 0.480 e. The van der Waals surface area contributed by atoms with Crippen molar-refractivity contribution in [2.75, 3.05) is 33.7 Å². The van der Waals surface area contributed by atoms with Crippen LogP contribution in [0.25, 0.3) is 0 Å². The molecule has 1 aliphatic rings. The van der Waals surface area contributed by atoms with Crippen LogP contribution in [-0.2, 0) is 4.79 Å². The molecule has 1 atom stereocenters. The van der Waals surface area contributed by atoms with Crippen LogP contribution in [0.4, 0.5) is 0 Å². The van der Waals surface area contributed by atoms with Crippen LogP contribution in [0.3, 0.4) is 0 Å². The van der Waals surface area contributed by atoms with Crippen LogP contribution in [0.5, 0.6) is 0 Å². The first-order valence-electron chi connectivity index (χ1n) is 5.62. The Labute approximate surface area is 91.9 Å². The highest BCUT2D eigenvalue weighted by molar-refractivity contribution is 5.72. The SMILES string of the molecule is CC(C(=O)O)N(C)CC1CCN(C)CC1. The molecule has 1 unspecified atom stereocenters. The zero-order valence-corrected chi connectivity index (χ0v) is 9.94. The molecule has 1 saturated heterocycles. The topological polar surface area (TPSA) is 43.8 Å². The maximum atomic E-state index is 10.8. The molecule has 0 amide bonds. The summed E-state index contributed by atoms with van der Waals surface area (Å²) in [5.74, 6) is -0.0709. The van der Waals surface area contributed by atoms with E-state index in [1.54, 1.807) is 6.92 Å². The van der Waals surface area contributed by atoms with Crippen LogP contribution in [0, 0.1) is 5.92 Å². The number of nitrogens with zero attached hydrogens (tertiary/aromatic N) is 2. The second-order valence-electron chi connectivity index (χ2n) is 4.70. The third-order valence-electron chi connectivity index (χ3n) is 3.40. The van der Waals surface area contributed by atoms with Gasteiger partial charge in [-0.15, -0.1) is 0 Å². The van der Waals surface area contributed by atoms with E-state index >= 15 is 0 Å². The van der Waals surface area contributed by atoms with Crippen LogP contribution in [0.1, 0.15) is 19.8 Å². The van der Waals surface area contributed by atoms with E-state index in [-0.39, 0.29) is 6.04 Å². The molecule has 0 aromatic carbocycles. The van der Waals surface area contributed by atoms with Crippen LogP contribution in [0.15, 0.2) is 0 Å². The fraction of sp³-hybridized carbons (Fsp3) is 0.909. The molecule has 0 spiro atoms. The molecule has 1 fully saturated rings. The maximum absolute atomic E-state index is 10.8. The van der Waals surface area contributed by atoms with Gasteiger partial charge in [0.15, 0.2) is 0 Å². The van der Waals surface area contributed by atoms with Gasteiger partial charge in [0, 0.05) is 6.54 Å². The summed E-state index contributed by atoms with van der Waals surface area (Å²) in [5, 5.41) is 8.87. The molecule has 4 heteroatoms. The van der Waals surface area contributed by atoms with E-state index in [0.717, 1.165) is 19.6 Å². The summed E-state index contributed by atoms with van der Waals surface area (Å²) < 4.78 is 0. The van der Waals surface area contributed by atoms with Crippen molar-refractivity contribution in [2.45, 2.75) is 25.8 Å². The highest BCUT2D eigenvalue weighted by Gasteiger charge is 2.22. The van der Waals surface area contributed by atoms with Crippen molar-refractivity contribution in [3.63, 3.8) is 0 Å². The molecule has 1 rings (SSSR count). The van der Waals surface area contributed by atoms with E-state index in [9.17, 15) is 4.79 Å². The number of hydrogen-bond acceptors (Lipinski definition) is 3. The molecule has 0 aromatic heterocycles. The Balaban J connectivity index is 2.32. The first kappa shape index (κ1) is 12.5. The third-order valence-corrected chi connectivity index (χ3v) is 3.40. The van der Waals surface area contributed by atoms with Gasteiger partial charge >= 0.3 is 5.97 Å². The smallest absolute Gasteiger partial charge is 0.320 e. The van der Waals surface area contributed by atoms with Crippen molar-refractivity contribution in [3.05, 3.63) is 0 Å². The van der Waals surface area contributed by atoms with Crippen molar-refractivity contribution >= 4 is 5.97 Å². The Morgan fingerprint density at radius 3 is 2.53 bits per heavy atom. The van der Waals surface area contributed by atoms with E-state index in [0.29, 0.717) is 5.92 Å². The minimum Gasteiger partial charge on any atom is -0.480 e. The second kappa shape index (κ2) is 5.47. The molecule has 15 heavy (non-hydrogen) atoms. The Morgan fingerprint density at radius 1 is 1.53 bits per heavy atom. The minimum atomic E-state index is -0.731. The van der Waals surface area contributed by atoms with Gasteiger partial charge in [-0.25, -0.2) is 0 Å². The van der Waals surface area contributed by atoms with Crippen molar-refractivity contribution < 1.29 is 9.90 Å². The van der Waals surface area contributed by atoms with E-state index in [1.807, 2.05) is 11.9 Å². The highest BCUT2D eigenvalue weighted by Crippen LogP contribution is 2.17. The number of aliphatic carboxylic acids is 1. The minimum absolute atomic E-state index is 0.371. The number of carbonyl (C=O) groups is 1.